The van der Waals surface area contributed by atoms with Crippen molar-refractivity contribution < 1.29 is 33.8 Å². The van der Waals surface area contributed by atoms with E-state index in [0.717, 1.165) is 73.1 Å². The monoisotopic (exact) mass is 684 g/mol. The van der Waals surface area contributed by atoms with Gasteiger partial charge in [-0.1, -0.05) is 62.8 Å². The van der Waals surface area contributed by atoms with E-state index in [1.807, 2.05) is 36.7 Å². The topological polar surface area (TPSA) is 155 Å². The molecule has 0 bridgehead atoms. The molecule has 3 amide bonds. The van der Waals surface area contributed by atoms with Crippen molar-refractivity contribution in [2.75, 3.05) is 6.54 Å². The van der Waals surface area contributed by atoms with Gasteiger partial charge in [0.25, 0.3) is 0 Å². The zero-order valence-electron chi connectivity index (χ0n) is 29.0. The van der Waals surface area contributed by atoms with Gasteiger partial charge in [-0.15, -0.1) is 11.3 Å². The quantitative estimate of drug-likeness (QED) is 0.124. The van der Waals surface area contributed by atoms with E-state index in [4.69, 9.17) is 9.84 Å². The lowest BCUT2D eigenvalue weighted by molar-refractivity contribution is -0.149. The number of esters is 1. The number of benzene rings is 1. The van der Waals surface area contributed by atoms with E-state index in [1.54, 1.807) is 32.1 Å². The molecule has 2 heterocycles. The molecule has 0 aliphatic carbocycles. The number of likely N-dealkylation sites (tertiary alicyclic amines) is 1. The first-order valence-electron chi connectivity index (χ1n) is 17.1. The zero-order valence-corrected chi connectivity index (χ0v) is 29.8. The van der Waals surface area contributed by atoms with Gasteiger partial charge in [0.1, 0.15) is 12.1 Å². The molecule has 0 saturated carbocycles. The second-order valence-corrected chi connectivity index (χ2v) is 14.2. The molecule has 48 heavy (non-hydrogen) atoms. The van der Waals surface area contributed by atoms with Gasteiger partial charge in [-0.05, 0) is 51.7 Å². The minimum Gasteiger partial charge on any atom is -0.481 e. The summed E-state index contributed by atoms with van der Waals surface area (Å²) in [5.41, 5.74) is 3.73. The number of hydrogen-bond acceptors (Lipinski definition) is 8. The minimum absolute atomic E-state index is 0.100. The first-order valence-corrected chi connectivity index (χ1v) is 17.9. The molecule has 1 aliphatic heterocycles. The molecule has 12 heteroatoms. The molecule has 264 valence electrons. The molecule has 2 aromatic rings. The normalized spacial score (nSPS) is 16.7. The highest BCUT2D eigenvalue weighted by molar-refractivity contribution is 7.13. The molecule has 1 aromatic carbocycles. The number of unbranched alkanes of at least 4 members (excludes halogenated alkanes) is 7. The number of carboxylic acids is 1. The number of hydrogen-bond donors (Lipinski definition) is 3. The van der Waals surface area contributed by atoms with Gasteiger partial charge in [0, 0.05) is 38.8 Å². The molecule has 1 aromatic heterocycles. The summed E-state index contributed by atoms with van der Waals surface area (Å²) in [6, 6.07) is 6.58. The lowest BCUT2D eigenvalue weighted by atomic mass is 9.83. The van der Waals surface area contributed by atoms with Crippen LogP contribution in [0.3, 0.4) is 0 Å². The largest absolute Gasteiger partial charge is 0.481 e. The number of nitrogens with zero attached hydrogens (tertiary/aromatic N) is 2. The smallest absolute Gasteiger partial charge is 0.303 e. The van der Waals surface area contributed by atoms with Gasteiger partial charge in [-0.2, -0.15) is 0 Å². The van der Waals surface area contributed by atoms with Crippen molar-refractivity contribution in [3.05, 3.63) is 41.0 Å². The summed E-state index contributed by atoms with van der Waals surface area (Å²) in [4.78, 5) is 69.4. The Balaban J connectivity index is 1.50. The highest BCUT2D eigenvalue weighted by atomic mass is 32.1. The molecule has 11 nitrogen and oxygen atoms in total. The minimum atomic E-state index is -1.02. The third kappa shape index (κ3) is 11.7. The van der Waals surface area contributed by atoms with E-state index in [9.17, 15) is 24.0 Å². The molecule has 1 fully saturated rings. The average molecular weight is 685 g/mol. The van der Waals surface area contributed by atoms with Crippen LogP contribution < -0.4 is 10.6 Å². The molecule has 0 radical (unpaired) electrons. The van der Waals surface area contributed by atoms with E-state index in [2.05, 4.69) is 15.6 Å². The maximum Gasteiger partial charge on any atom is 0.303 e. The number of ether oxygens (including phenoxy) is 1. The van der Waals surface area contributed by atoms with Crippen molar-refractivity contribution in [1.29, 1.82) is 0 Å². The Kier molecular flexibility index (Phi) is 15.0. The van der Waals surface area contributed by atoms with E-state index in [0.29, 0.717) is 6.42 Å². The van der Waals surface area contributed by atoms with Crippen molar-refractivity contribution in [3.8, 4) is 10.4 Å². The van der Waals surface area contributed by atoms with E-state index >= 15 is 0 Å². The average Bonchev–Trinajstić information content (AvgIpc) is 3.66. The number of carbonyl (C=O) groups is 5. The first-order chi connectivity index (χ1) is 22.8. The van der Waals surface area contributed by atoms with E-state index in [1.165, 1.54) is 11.8 Å². The summed E-state index contributed by atoms with van der Waals surface area (Å²) < 4.78 is 5.43. The molecule has 3 rings (SSSR count). The molecular formula is C36H52N4O7S. The predicted octanol–water partition coefficient (Wildman–Crippen LogP) is 5.78. The first kappa shape index (κ1) is 38.6. The van der Waals surface area contributed by atoms with Crippen LogP contribution in [0.25, 0.3) is 10.4 Å². The van der Waals surface area contributed by atoms with Crippen LogP contribution in [0.5, 0.6) is 0 Å². The maximum absolute atomic E-state index is 14.0. The Morgan fingerprint density at radius 1 is 1.00 bits per heavy atom. The molecular weight excluding hydrogens is 632 g/mol. The number of aryl methyl sites for hydroxylation is 1. The Morgan fingerprint density at radius 2 is 1.60 bits per heavy atom. The maximum atomic E-state index is 14.0. The standard InChI is InChI=1S/C36H52N4O7S/c1-24-33(48-23-38-24)28-18-16-27(17-19-28)21-37-34(45)30-20-29(47-26(3)41)22-40(30)35(46)36(4,5)25(2)39-31(42)14-12-10-8-6-7-9-11-13-15-32(43)44/h16-19,23,25,29-30H,6-15,20-22H2,1-5H3,(H,37,45)(H,39,42)(H,43,44)/t25-,29+,30-/m0/s1. The van der Waals surface area contributed by atoms with Gasteiger partial charge in [0.05, 0.1) is 28.0 Å². The molecule has 1 aliphatic rings. The predicted molar refractivity (Wildman–Crippen MR) is 185 cm³/mol. The Bertz CT molecular complexity index is 1390. The fraction of sp³-hybridized carbons (Fsp3) is 0.611. The Hall–Kier alpha value is -3.80. The molecule has 0 unspecified atom stereocenters. The highest BCUT2D eigenvalue weighted by Gasteiger charge is 2.47. The van der Waals surface area contributed by atoms with E-state index < -0.39 is 35.5 Å². The van der Waals surface area contributed by atoms with Crippen molar-refractivity contribution in [3.63, 3.8) is 0 Å². The number of aliphatic carboxylic acids is 1. The van der Waals surface area contributed by atoms with Gasteiger partial charge in [0.2, 0.25) is 17.7 Å². The number of rotatable bonds is 19. The van der Waals surface area contributed by atoms with Gasteiger partial charge >= 0.3 is 11.9 Å². The van der Waals surface area contributed by atoms with Crippen LogP contribution in [-0.4, -0.2) is 69.4 Å². The summed E-state index contributed by atoms with van der Waals surface area (Å²) in [6.07, 6.45) is 7.67. The van der Waals surface area contributed by atoms with Crippen molar-refractivity contribution in [2.45, 2.75) is 130 Å². The number of thiazole rings is 1. The summed E-state index contributed by atoms with van der Waals surface area (Å²) in [5, 5.41) is 14.6. The molecule has 3 atom stereocenters. The number of amides is 3. The summed E-state index contributed by atoms with van der Waals surface area (Å²) >= 11 is 1.58. The van der Waals surface area contributed by atoms with Crippen LogP contribution in [-0.2, 0) is 35.3 Å². The van der Waals surface area contributed by atoms with Gasteiger partial charge < -0.3 is 25.4 Å². The Morgan fingerprint density at radius 3 is 2.17 bits per heavy atom. The summed E-state index contributed by atoms with van der Waals surface area (Å²) in [5.74, 6) is -1.96. The van der Waals surface area contributed by atoms with E-state index in [-0.39, 0.29) is 43.7 Å². The number of nitrogens with one attached hydrogen (secondary N) is 2. The number of carboxylic acid groups (broad SMARTS) is 1. The van der Waals surface area contributed by atoms with Crippen LogP contribution in [0.1, 0.15) is 110 Å². The van der Waals surface area contributed by atoms with Crippen molar-refractivity contribution in [2.24, 2.45) is 5.41 Å². The molecule has 3 N–H and O–H groups in total. The second-order valence-electron chi connectivity index (χ2n) is 13.4. The molecule has 1 saturated heterocycles. The lowest BCUT2D eigenvalue weighted by Crippen LogP contribution is -2.55. The third-order valence-corrected chi connectivity index (χ3v) is 10.1. The fourth-order valence-corrected chi connectivity index (χ4v) is 6.73. The summed E-state index contributed by atoms with van der Waals surface area (Å²) in [7, 11) is 0. The van der Waals surface area contributed by atoms with Crippen LogP contribution >= 0.6 is 11.3 Å². The highest BCUT2D eigenvalue weighted by Crippen LogP contribution is 2.31. The number of carbonyl (C=O) groups excluding carboxylic acids is 4. The zero-order chi connectivity index (χ0) is 35.3. The second kappa shape index (κ2) is 18.7. The van der Waals surface area contributed by atoms with Crippen molar-refractivity contribution >= 4 is 41.0 Å². The van der Waals surface area contributed by atoms with Crippen molar-refractivity contribution in [1.82, 2.24) is 20.5 Å². The number of aromatic nitrogens is 1. The SMILES string of the molecule is CC(=O)O[C@@H]1C[C@@H](C(=O)NCc2ccc(-c3scnc3C)cc2)N(C(=O)C(C)(C)[C@H](C)NC(=O)CCCCCCCCCCC(=O)O)C1. The van der Waals surface area contributed by atoms with Crippen LogP contribution in [0.4, 0.5) is 0 Å². The van der Waals surface area contributed by atoms with Crippen LogP contribution in [0.15, 0.2) is 29.8 Å². The third-order valence-electron chi connectivity index (χ3n) is 9.14. The van der Waals surface area contributed by atoms with Crippen LogP contribution in [0.2, 0.25) is 0 Å². The fourth-order valence-electron chi connectivity index (χ4n) is 5.92. The lowest BCUT2D eigenvalue weighted by Gasteiger charge is -2.36. The molecule has 0 spiro atoms. The van der Waals surface area contributed by atoms with Crippen LogP contribution in [0, 0.1) is 12.3 Å². The van der Waals surface area contributed by atoms with Gasteiger partial charge in [-0.3, -0.25) is 24.0 Å². The van der Waals surface area contributed by atoms with Gasteiger partial charge in [-0.25, -0.2) is 4.98 Å². The summed E-state index contributed by atoms with van der Waals surface area (Å²) in [6.45, 7) is 8.98. The van der Waals surface area contributed by atoms with Gasteiger partial charge in [0.15, 0.2) is 0 Å². The Labute approximate surface area is 288 Å².